The summed E-state index contributed by atoms with van der Waals surface area (Å²) >= 11 is 5.75. The molecule has 0 saturated carbocycles. The molecule has 0 bridgehead atoms. The summed E-state index contributed by atoms with van der Waals surface area (Å²) in [7, 11) is -3.51. The second-order valence-electron chi connectivity index (χ2n) is 8.23. The molecule has 0 fully saturated rings. The number of nitrogens with zero attached hydrogens (tertiary/aromatic N) is 2. The summed E-state index contributed by atoms with van der Waals surface area (Å²) < 4.78 is 24.0. The van der Waals surface area contributed by atoms with Crippen LogP contribution >= 0.6 is 11.6 Å². The van der Waals surface area contributed by atoms with Crippen molar-refractivity contribution < 1.29 is 13.3 Å². The molecule has 0 unspecified atom stereocenters. The van der Waals surface area contributed by atoms with Gasteiger partial charge in [-0.1, -0.05) is 108 Å². The Morgan fingerprint density at radius 2 is 1.44 bits per heavy atom. The molecule has 1 N–H and O–H groups in total. The highest BCUT2D eigenvalue weighted by Gasteiger charge is 2.12. The van der Waals surface area contributed by atoms with Crippen LogP contribution in [0.4, 0.5) is 5.69 Å². The van der Waals surface area contributed by atoms with Gasteiger partial charge >= 0.3 is 0 Å². The quantitative estimate of drug-likeness (QED) is 0.0983. The number of hydrogen-bond donors (Lipinski definition) is 1. The van der Waals surface area contributed by atoms with Gasteiger partial charge in [-0.25, -0.2) is 13.2 Å². The van der Waals surface area contributed by atoms with Crippen LogP contribution in [0.3, 0.4) is 0 Å². The van der Waals surface area contributed by atoms with Gasteiger partial charge in [-0.15, -0.1) is 0 Å². The Kier molecular flexibility index (Phi) is 15.0. The summed E-state index contributed by atoms with van der Waals surface area (Å²) in [5, 5.41) is 14.6. The second kappa shape index (κ2) is 16.9. The van der Waals surface area contributed by atoms with Gasteiger partial charge in [0.1, 0.15) is 5.02 Å². The van der Waals surface area contributed by atoms with E-state index in [-0.39, 0.29) is 16.5 Å². The lowest BCUT2D eigenvalue weighted by Crippen LogP contribution is -2.21. The monoisotopic (exact) mass is 487 g/mol. The van der Waals surface area contributed by atoms with E-state index >= 15 is 0 Å². The van der Waals surface area contributed by atoms with E-state index in [4.69, 9.17) is 11.6 Å². The number of rotatable bonds is 19. The van der Waals surface area contributed by atoms with Gasteiger partial charge in [0, 0.05) is 11.6 Å². The fraction of sp³-hybridized carbons (Fsp3) is 0.696. The average molecular weight is 488 g/mol. The van der Waals surface area contributed by atoms with E-state index < -0.39 is 14.9 Å². The summed E-state index contributed by atoms with van der Waals surface area (Å²) in [5.74, 6) is 0.0170. The average Bonchev–Trinajstić information content (AvgIpc) is 2.75. The molecule has 0 aliphatic rings. The van der Waals surface area contributed by atoms with Crippen LogP contribution in [-0.4, -0.2) is 25.3 Å². The number of nitro benzene ring substituents is 1. The van der Waals surface area contributed by atoms with E-state index in [1.54, 1.807) is 0 Å². The molecule has 1 aromatic rings. The molecular weight excluding hydrogens is 450 g/mol. The molecule has 1 rings (SSSR count). The standard InChI is InChI=1S/C23H38ClN3O4S/c1-2-3-4-5-6-7-8-9-10-11-12-13-14-15-18-32(30,31)26-25-20-21-16-17-22(24)23(19-21)27(28)29/h16-17,19-20,26H,2-15,18H2,1H3. The Labute approximate surface area is 198 Å². The lowest BCUT2D eigenvalue weighted by Gasteiger charge is -2.04. The number of nitrogens with one attached hydrogen (secondary N) is 1. The van der Waals surface area contributed by atoms with E-state index in [0.717, 1.165) is 19.3 Å². The molecule has 0 atom stereocenters. The van der Waals surface area contributed by atoms with E-state index in [0.29, 0.717) is 12.0 Å². The molecule has 32 heavy (non-hydrogen) atoms. The Morgan fingerprint density at radius 1 is 0.938 bits per heavy atom. The Morgan fingerprint density at radius 3 is 1.94 bits per heavy atom. The zero-order chi connectivity index (χ0) is 23.7. The van der Waals surface area contributed by atoms with Gasteiger partial charge in [0.25, 0.3) is 5.69 Å². The molecule has 0 heterocycles. The summed E-state index contributed by atoms with van der Waals surface area (Å²) in [5.41, 5.74) is 0.140. The van der Waals surface area contributed by atoms with Crippen LogP contribution in [0, 0.1) is 10.1 Å². The maximum absolute atomic E-state index is 12.0. The van der Waals surface area contributed by atoms with Crippen molar-refractivity contribution in [3.8, 4) is 0 Å². The number of hydrazone groups is 1. The molecular formula is C23H38ClN3O4S. The van der Waals surface area contributed by atoms with Gasteiger partial charge in [-0.3, -0.25) is 10.1 Å². The Hall–Kier alpha value is -1.67. The largest absolute Gasteiger partial charge is 0.288 e. The first kappa shape index (κ1) is 28.4. The lowest BCUT2D eigenvalue weighted by molar-refractivity contribution is -0.384. The fourth-order valence-corrected chi connectivity index (χ4v) is 4.54. The van der Waals surface area contributed by atoms with Crippen molar-refractivity contribution in [1.29, 1.82) is 0 Å². The van der Waals surface area contributed by atoms with Crippen LogP contribution in [0.2, 0.25) is 5.02 Å². The van der Waals surface area contributed by atoms with Crippen molar-refractivity contribution in [1.82, 2.24) is 4.83 Å². The number of nitro groups is 1. The van der Waals surface area contributed by atoms with Crippen molar-refractivity contribution in [3.63, 3.8) is 0 Å². The van der Waals surface area contributed by atoms with Crippen LogP contribution in [0.1, 0.15) is 102 Å². The van der Waals surface area contributed by atoms with E-state index in [9.17, 15) is 18.5 Å². The predicted molar refractivity (Wildman–Crippen MR) is 133 cm³/mol. The van der Waals surface area contributed by atoms with Crippen LogP contribution in [-0.2, 0) is 10.0 Å². The number of hydrogen-bond acceptors (Lipinski definition) is 5. The highest BCUT2D eigenvalue weighted by Crippen LogP contribution is 2.24. The first-order chi connectivity index (χ1) is 15.4. The zero-order valence-corrected chi connectivity index (χ0v) is 20.8. The molecule has 0 spiro atoms. The summed E-state index contributed by atoms with van der Waals surface area (Å²) in [6.45, 7) is 2.24. The van der Waals surface area contributed by atoms with Gasteiger partial charge in [0.05, 0.1) is 16.9 Å². The summed E-state index contributed by atoms with van der Waals surface area (Å²) in [4.78, 5) is 12.4. The van der Waals surface area contributed by atoms with Crippen molar-refractivity contribution in [2.24, 2.45) is 5.10 Å². The molecule has 1 aromatic carbocycles. The minimum absolute atomic E-state index is 0.0170. The molecule has 0 aromatic heterocycles. The number of unbranched alkanes of at least 4 members (excludes halogenated alkanes) is 13. The SMILES string of the molecule is CCCCCCCCCCCCCCCCS(=O)(=O)NN=Cc1ccc(Cl)c([N+](=O)[O-])c1. The normalized spacial score (nSPS) is 11.8. The first-order valence-corrected chi connectivity index (χ1v) is 13.8. The minimum Gasteiger partial charge on any atom is -0.258 e. The van der Waals surface area contributed by atoms with Crippen molar-refractivity contribution in [2.45, 2.75) is 96.8 Å². The maximum atomic E-state index is 12.0. The maximum Gasteiger partial charge on any atom is 0.288 e. The highest BCUT2D eigenvalue weighted by molar-refractivity contribution is 7.89. The molecule has 0 saturated heterocycles. The van der Waals surface area contributed by atoms with Crippen LogP contribution in [0.25, 0.3) is 0 Å². The first-order valence-electron chi connectivity index (χ1n) is 11.8. The van der Waals surface area contributed by atoms with Crippen LogP contribution in [0.15, 0.2) is 23.3 Å². The predicted octanol–water partition coefficient (Wildman–Crippen LogP) is 6.98. The Bertz CT molecular complexity index is 800. The summed E-state index contributed by atoms with van der Waals surface area (Å²) in [6.07, 6.45) is 18.2. The van der Waals surface area contributed by atoms with Crippen molar-refractivity contribution in [2.75, 3.05) is 5.75 Å². The van der Waals surface area contributed by atoms with Gasteiger partial charge in [0.2, 0.25) is 10.0 Å². The lowest BCUT2D eigenvalue weighted by atomic mass is 10.0. The molecule has 182 valence electrons. The van der Waals surface area contributed by atoms with Crippen LogP contribution in [0.5, 0.6) is 0 Å². The second-order valence-corrected chi connectivity index (χ2v) is 10.5. The van der Waals surface area contributed by atoms with Crippen LogP contribution < -0.4 is 4.83 Å². The topological polar surface area (TPSA) is 102 Å². The molecule has 0 amide bonds. The summed E-state index contributed by atoms with van der Waals surface area (Å²) in [6, 6.07) is 4.15. The molecule has 9 heteroatoms. The van der Waals surface area contributed by atoms with Crippen molar-refractivity contribution in [3.05, 3.63) is 38.9 Å². The van der Waals surface area contributed by atoms with E-state index in [1.807, 2.05) is 0 Å². The Balaban J connectivity index is 2.09. The third-order valence-electron chi connectivity index (χ3n) is 5.34. The third kappa shape index (κ3) is 13.7. The van der Waals surface area contributed by atoms with Gasteiger partial charge in [0.15, 0.2) is 0 Å². The minimum atomic E-state index is -3.51. The molecule has 0 aliphatic heterocycles. The molecule has 0 radical (unpaired) electrons. The molecule has 7 nitrogen and oxygen atoms in total. The molecule has 0 aliphatic carbocycles. The highest BCUT2D eigenvalue weighted by atomic mass is 35.5. The van der Waals surface area contributed by atoms with Gasteiger partial charge in [-0.05, 0) is 12.5 Å². The van der Waals surface area contributed by atoms with Crippen molar-refractivity contribution >= 4 is 33.5 Å². The number of halogens is 1. The van der Waals surface area contributed by atoms with Gasteiger partial charge in [-0.2, -0.15) is 5.10 Å². The third-order valence-corrected chi connectivity index (χ3v) is 6.87. The fourth-order valence-electron chi connectivity index (χ4n) is 3.46. The smallest absolute Gasteiger partial charge is 0.258 e. The number of benzene rings is 1. The zero-order valence-electron chi connectivity index (χ0n) is 19.2. The van der Waals surface area contributed by atoms with Gasteiger partial charge < -0.3 is 0 Å². The number of sulfonamides is 1. The van der Waals surface area contributed by atoms with E-state index in [2.05, 4.69) is 16.9 Å². The van der Waals surface area contributed by atoms with E-state index in [1.165, 1.54) is 88.6 Å².